The van der Waals surface area contributed by atoms with E-state index in [9.17, 15) is 9.36 Å². The van der Waals surface area contributed by atoms with Crippen LogP contribution >= 0.6 is 19.2 Å². The maximum absolute atomic E-state index is 13.3. The van der Waals surface area contributed by atoms with E-state index >= 15 is 0 Å². The molecule has 0 spiro atoms. The maximum atomic E-state index is 13.3. The molecule has 0 bridgehead atoms. The number of benzene rings is 1. The average Bonchev–Trinajstić information content (AvgIpc) is 2.48. The van der Waals surface area contributed by atoms with Crippen molar-refractivity contribution in [2.75, 3.05) is 13.2 Å². The lowest BCUT2D eigenvalue weighted by molar-refractivity contribution is -0.120. The lowest BCUT2D eigenvalue weighted by Crippen LogP contribution is -2.35. The molecule has 0 fully saturated rings. The Hall–Kier alpha value is -1.13. The van der Waals surface area contributed by atoms with E-state index in [1.807, 2.05) is 0 Å². The SMILES string of the molecule is CCOP(=O)(OCC)C1(c2ccc(Cl)cc2)CC(=O)C=CO1. The van der Waals surface area contributed by atoms with Crippen LogP contribution < -0.4 is 0 Å². The fraction of sp³-hybridized carbons (Fsp3) is 0.400. The van der Waals surface area contributed by atoms with Crippen molar-refractivity contribution >= 4 is 25.0 Å². The van der Waals surface area contributed by atoms with Gasteiger partial charge in [-0.2, -0.15) is 0 Å². The summed E-state index contributed by atoms with van der Waals surface area (Å²) in [6.07, 6.45) is 2.42. The van der Waals surface area contributed by atoms with Gasteiger partial charge in [0.2, 0.25) is 5.34 Å². The normalized spacial score (nSPS) is 21.7. The number of carbonyl (C=O) groups is 1. The summed E-state index contributed by atoms with van der Waals surface area (Å²) in [5.41, 5.74) is 0.528. The van der Waals surface area contributed by atoms with Crippen LogP contribution in [0.3, 0.4) is 0 Å². The highest BCUT2D eigenvalue weighted by Gasteiger charge is 2.56. The standard InChI is InChI=1S/C15H18ClO5P/c1-3-20-22(18,21-4-2)15(11-14(17)9-10-19-15)12-5-7-13(16)8-6-12/h5-10H,3-4,11H2,1-2H3. The van der Waals surface area contributed by atoms with Crippen LogP contribution in [-0.2, 0) is 28.5 Å². The van der Waals surface area contributed by atoms with Gasteiger partial charge >= 0.3 is 7.60 Å². The molecule has 2 rings (SSSR count). The predicted molar refractivity (Wildman–Crippen MR) is 83.8 cm³/mol. The largest absolute Gasteiger partial charge is 0.477 e. The van der Waals surface area contributed by atoms with Gasteiger partial charge in [-0.05, 0) is 26.0 Å². The molecule has 1 aliphatic heterocycles. The Balaban J connectivity index is 2.59. The van der Waals surface area contributed by atoms with Gasteiger partial charge in [-0.3, -0.25) is 9.36 Å². The maximum Gasteiger partial charge on any atom is 0.378 e. The molecule has 1 heterocycles. The number of halogens is 1. The van der Waals surface area contributed by atoms with Crippen molar-refractivity contribution < 1.29 is 23.1 Å². The summed E-state index contributed by atoms with van der Waals surface area (Å²) in [6.45, 7) is 3.77. The lowest BCUT2D eigenvalue weighted by atomic mass is 10.0. The van der Waals surface area contributed by atoms with Crippen molar-refractivity contribution in [3.8, 4) is 0 Å². The number of hydrogen-bond donors (Lipinski definition) is 0. The Kier molecular flexibility index (Phi) is 5.45. The number of allylic oxidation sites excluding steroid dienone is 1. The van der Waals surface area contributed by atoms with Crippen LogP contribution in [0.4, 0.5) is 0 Å². The quantitative estimate of drug-likeness (QED) is 0.721. The summed E-state index contributed by atoms with van der Waals surface area (Å²) >= 11 is 5.91. The summed E-state index contributed by atoms with van der Waals surface area (Å²) in [5, 5.41) is -0.964. The van der Waals surface area contributed by atoms with E-state index in [0.29, 0.717) is 10.6 Å². The smallest absolute Gasteiger partial charge is 0.378 e. The molecule has 120 valence electrons. The first-order chi connectivity index (χ1) is 10.5. The van der Waals surface area contributed by atoms with Gasteiger partial charge in [0.05, 0.1) is 25.9 Å². The van der Waals surface area contributed by atoms with Gasteiger partial charge in [-0.15, -0.1) is 0 Å². The third kappa shape index (κ3) is 3.13. The van der Waals surface area contributed by atoms with Crippen LogP contribution in [0.5, 0.6) is 0 Å². The van der Waals surface area contributed by atoms with Crippen LogP contribution in [-0.4, -0.2) is 19.0 Å². The van der Waals surface area contributed by atoms with Crippen molar-refractivity contribution in [2.45, 2.75) is 25.6 Å². The summed E-state index contributed by atoms with van der Waals surface area (Å²) in [6, 6.07) is 6.62. The van der Waals surface area contributed by atoms with E-state index in [-0.39, 0.29) is 25.4 Å². The van der Waals surface area contributed by atoms with Gasteiger partial charge < -0.3 is 13.8 Å². The first-order valence-electron chi connectivity index (χ1n) is 7.00. The van der Waals surface area contributed by atoms with Gasteiger partial charge in [0, 0.05) is 16.7 Å². The van der Waals surface area contributed by atoms with E-state index in [2.05, 4.69) is 0 Å². The van der Waals surface area contributed by atoms with Crippen molar-refractivity contribution in [3.63, 3.8) is 0 Å². The van der Waals surface area contributed by atoms with Gasteiger partial charge in [0.15, 0.2) is 5.78 Å². The summed E-state index contributed by atoms with van der Waals surface area (Å²) < 4.78 is 29.9. The second-order valence-electron chi connectivity index (χ2n) is 4.69. The highest BCUT2D eigenvalue weighted by molar-refractivity contribution is 7.55. The van der Waals surface area contributed by atoms with Crippen molar-refractivity contribution in [1.82, 2.24) is 0 Å². The molecule has 0 aliphatic carbocycles. The topological polar surface area (TPSA) is 61.8 Å². The number of rotatable bonds is 6. The van der Waals surface area contributed by atoms with Crippen molar-refractivity contribution in [1.29, 1.82) is 0 Å². The van der Waals surface area contributed by atoms with Crippen LogP contribution in [0.25, 0.3) is 0 Å². The highest BCUT2D eigenvalue weighted by atomic mass is 35.5. The Bertz CT molecular complexity index is 603. The molecule has 0 amide bonds. The molecule has 5 nitrogen and oxygen atoms in total. The van der Waals surface area contributed by atoms with Crippen molar-refractivity contribution in [2.24, 2.45) is 0 Å². The van der Waals surface area contributed by atoms with Crippen LogP contribution in [0, 0.1) is 0 Å². The number of ketones is 1. The molecule has 1 atom stereocenters. The average molecular weight is 345 g/mol. The molecule has 1 aromatic rings. The highest BCUT2D eigenvalue weighted by Crippen LogP contribution is 2.67. The zero-order valence-corrected chi connectivity index (χ0v) is 14.1. The first kappa shape index (κ1) is 17.2. The molecule has 0 radical (unpaired) electrons. The summed E-state index contributed by atoms with van der Waals surface area (Å²) in [4.78, 5) is 11.9. The number of hydrogen-bond acceptors (Lipinski definition) is 5. The lowest BCUT2D eigenvalue weighted by Gasteiger charge is -2.39. The van der Waals surface area contributed by atoms with Crippen LogP contribution in [0.1, 0.15) is 25.8 Å². The van der Waals surface area contributed by atoms with Crippen LogP contribution in [0.15, 0.2) is 36.6 Å². The second kappa shape index (κ2) is 6.97. The fourth-order valence-corrected chi connectivity index (χ4v) is 4.65. The summed E-state index contributed by atoms with van der Waals surface area (Å²) in [5.74, 6) is -0.208. The molecule has 1 unspecified atom stereocenters. The molecule has 0 aromatic heterocycles. The van der Waals surface area contributed by atoms with Crippen LogP contribution in [0.2, 0.25) is 5.02 Å². The second-order valence-corrected chi connectivity index (χ2v) is 7.36. The zero-order chi connectivity index (χ0) is 16.2. The van der Waals surface area contributed by atoms with E-state index in [4.69, 9.17) is 25.4 Å². The monoisotopic (exact) mass is 344 g/mol. The number of carbonyl (C=O) groups excluding carboxylic acids is 1. The molecule has 22 heavy (non-hydrogen) atoms. The van der Waals surface area contributed by atoms with Gasteiger partial charge in [0.25, 0.3) is 0 Å². The summed E-state index contributed by atoms with van der Waals surface area (Å²) in [7, 11) is -3.74. The van der Waals surface area contributed by atoms with Gasteiger partial charge in [-0.25, -0.2) is 0 Å². The molecule has 1 aromatic carbocycles. The Morgan fingerprint density at radius 2 is 1.82 bits per heavy atom. The Morgan fingerprint density at radius 1 is 1.23 bits per heavy atom. The molecule has 7 heteroatoms. The molecule has 0 saturated heterocycles. The van der Waals surface area contributed by atoms with E-state index in [0.717, 1.165) is 0 Å². The minimum atomic E-state index is -3.74. The van der Waals surface area contributed by atoms with E-state index in [1.165, 1.54) is 12.3 Å². The Morgan fingerprint density at radius 3 is 2.32 bits per heavy atom. The molecule has 0 N–H and O–H groups in total. The first-order valence-corrected chi connectivity index (χ1v) is 8.92. The molecular formula is C15H18ClO5P. The third-order valence-electron chi connectivity index (χ3n) is 3.27. The minimum absolute atomic E-state index is 0.123. The predicted octanol–water partition coefficient (Wildman–Crippen LogP) is 4.26. The van der Waals surface area contributed by atoms with Gasteiger partial charge in [-0.1, -0.05) is 23.7 Å². The van der Waals surface area contributed by atoms with Gasteiger partial charge in [0.1, 0.15) is 0 Å². The molecule has 1 aliphatic rings. The third-order valence-corrected chi connectivity index (χ3v) is 6.12. The minimum Gasteiger partial charge on any atom is -0.477 e. The zero-order valence-electron chi connectivity index (χ0n) is 12.5. The van der Waals surface area contributed by atoms with Crippen molar-refractivity contribution in [3.05, 3.63) is 47.2 Å². The Labute approximate surface area is 134 Å². The molecular weight excluding hydrogens is 327 g/mol. The molecule has 0 saturated carbocycles. The fourth-order valence-electron chi connectivity index (χ4n) is 2.34. The number of ether oxygens (including phenoxy) is 1. The van der Waals surface area contributed by atoms with E-state index < -0.39 is 12.9 Å². The van der Waals surface area contributed by atoms with E-state index in [1.54, 1.807) is 38.1 Å².